The molecule has 0 bridgehead atoms. The highest BCUT2D eigenvalue weighted by atomic mass is 32.2. The summed E-state index contributed by atoms with van der Waals surface area (Å²) < 4.78 is 37.8. The number of hydrogen-bond donors (Lipinski definition) is 1. The molecule has 0 radical (unpaired) electrons. The van der Waals surface area contributed by atoms with E-state index < -0.39 is 23.3 Å². The molecular weight excluding hydrogens is 293 g/mol. The molecule has 0 heterocycles. The number of carboxylic acids is 1. The fourth-order valence-electron chi connectivity index (χ4n) is 1.26. The Kier molecular flexibility index (Phi) is 5.22. The molecule has 1 aromatic rings. The molecule has 0 atom stereocenters. The van der Waals surface area contributed by atoms with Gasteiger partial charge in [0.1, 0.15) is 0 Å². The molecule has 1 N–H and O–H groups in total. The molecule has 1 aromatic carbocycles. The summed E-state index contributed by atoms with van der Waals surface area (Å²) >= 11 is 0.920. The van der Waals surface area contributed by atoms with Gasteiger partial charge in [-0.25, -0.2) is 4.79 Å². The van der Waals surface area contributed by atoms with Crippen LogP contribution in [0.3, 0.4) is 0 Å². The van der Waals surface area contributed by atoms with E-state index >= 15 is 0 Å². The van der Waals surface area contributed by atoms with Crippen molar-refractivity contribution >= 4 is 22.8 Å². The van der Waals surface area contributed by atoms with E-state index in [2.05, 4.69) is 11.8 Å². The molecule has 0 fully saturated rings. The van der Waals surface area contributed by atoms with Crippen LogP contribution in [0.4, 0.5) is 13.2 Å². The summed E-state index contributed by atoms with van der Waals surface area (Å²) in [6, 6.07) is 2.39. The van der Waals surface area contributed by atoms with Gasteiger partial charge in [-0.05, 0) is 18.2 Å². The fraction of sp³-hybridized carbons (Fsp3) is 0.231. The van der Waals surface area contributed by atoms with Crippen molar-refractivity contribution in [2.24, 2.45) is 0 Å². The molecule has 0 saturated heterocycles. The van der Waals surface area contributed by atoms with Crippen molar-refractivity contribution in [2.75, 3.05) is 5.75 Å². The van der Waals surface area contributed by atoms with Gasteiger partial charge in [0.2, 0.25) is 0 Å². The summed E-state index contributed by atoms with van der Waals surface area (Å²) in [6.45, 7) is 1.35. The van der Waals surface area contributed by atoms with Crippen molar-refractivity contribution < 1.29 is 27.9 Å². The van der Waals surface area contributed by atoms with Crippen LogP contribution in [0.1, 0.15) is 28.4 Å². The van der Waals surface area contributed by atoms with Gasteiger partial charge in [-0.3, -0.25) is 4.79 Å². The first-order valence-electron chi connectivity index (χ1n) is 5.28. The number of carboxylic acid groups (broad SMARTS) is 1. The van der Waals surface area contributed by atoms with Crippen LogP contribution in [0.2, 0.25) is 0 Å². The van der Waals surface area contributed by atoms with Gasteiger partial charge in [0.05, 0.1) is 16.9 Å². The fourth-order valence-corrected chi connectivity index (χ4v) is 1.61. The van der Waals surface area contributed by atoms with Crippen LogP contribution < -0.4 is 0 Å². The zero-order chi connectivity index (χ0) is 15.3. The molecule has 0 aliphatic rings. The van der Waals surface area contributed by atoms with Gasteiger partial charge >= 0.3 is 12.1 Å². The van der Waals surface area contributed by atoms with Gasteiger partial charge in [0.15, 0.2) is 5.12 Å². The summed E-state index contributed by atoms with van der Waals surface area (Å²) in [7, 11) is 0. The van der Waals surface area contributed by atoms with E-state index in [4.69, 9.17) is 5.11 Å². The van der Waals surface area contributed by atoms with E-state index in [-0.39, 0.29) is 16.4 Å². The third-order valence-corrected chi connectivity index (χ3v) is 2.78. The Hall–Kier alpha value is -1.94. The minimum absolute atomic E-state index is 0.0543. The predicted octanol–water partition coefficient (Wildman–Crippen LogP) is 3.03. The zero-order valence-corrected chi connectivity index (χ0v) is 11.1. The average molecular weight is 302 g/mol. The highest BCUT2D eigenvalue weighted by Gasteiger charge is 2.31. The van der Waals surface area contributed by atoms with Crippen LogP contribution in [-0.2, 0) is 11.0 Å². The van der Waals surface area contributed by atoms with Crippen molar-refractivity contribution in [2.45, 2.75) is 13.1 Å². The summed E-state index contributed by atoms with van der Waals surface area (Å²) in [6.07, 6.45) is -4.64. The first-order chi connectivity index (χ1) is 9.20. The zero-order valence-electron chi connectivity index (χ0n) is 10.2. The molecule has 1 rings (SSSR count). The number of aromatic carboxylic acids is 1. The van der Waals surface area contributed by atoms with Gasteiger partial charge in [0.25, 0.3) is 0 Å². The van der Waals surface area contributed by atoms with E-state index in [0.717, 1.165) is 23.9 Å². The number of halogens is 3. The van der Waals surface area contributed by atoms with E-state index in [1.54, 1.807) is 0 Å². The quantitative estimate of drug-likeness (QED) is 0.853. The van der Waals surface area contributed by atoms with Crippen molar-refractivity contribution in [3.05, 3.63) is 34.9 Å². The third-order valence-electron chi connectivity index (χ3n) is 2.09. The second kappa shape index (κ2) is 6.48. The predicted molar refractivity (Wildman–Crippen MR) is 68.4 cm³/mol. The summed E-state index contributed by atoms with van der Waals surface area (Å²) in [5.41, 5.74) is -1.61. The minimum Gasteiger partial charge on any atom is -0.478 e. The van der Waals surface area contributed by atoms with Crippen molar-refractivity contribution in [1.82, 2.24) is 0 Å². The number of alkyl halides is 3. The monoisotopic (exact) mass is 302 g/mol. The molecule has 0 spiro atoms. The molecule has 3 nitrogen and oxygen atoms in total. The first kappa shape index (κ1) is 16.1. The molecule has 0 aromatic heterocycles. The Morgan fingerprint density at radius 3 is 2.45 bits per heavy atom. The van der Waals surface area contributed by atoms with Gasteiger partial charge in [-0.1, -0.05) is 23.6 Å². The maximum Gasteiger partial charge on any atom is 0.416 e. The molecular formula is C13H9F3O3S. The lowest BCUT2D eigenvalue weighted by Gasteiger charge is -2.08. The van der Waals surface area contributed by atoms with Crippen molar-refractivity contribution in [3.8, 4) is 11.8 Å². The minimum atomic E-state index is -4.64. The smallest absolute Gasteiger partial charge is 0.416 e. The molecule has 0 amide bonds. The van der Waals surface area contributed by atoms with E-state index in [1.807, 2.05) is 0 Å². The van der Waals surface area contributed by atoms with Crippen LogP contribution in [0.25, 0.3) is 0 Å². The largest absolute Gasteiger partial charge is 0.478 e. The van der Waals surface area contributed by atoms with Crippen molar-refractivity contribution in [3.63, 3.8) is 0 Å². The Labute approximate surface area is 117 Å². The Bertz CT molecular complexity index is 597. The van der Waals surface area contributed by atoms with Gasteiger partial charge in [-0.15, -0.1) is 0 Å². The van der Waals surface area contributed by atoms with Crippen LogP contribution in [0, 0.1) is 11.8 Å². The average Bonchev–Trinajstić information content (AvgIpc) is 2.33. The Morgan fingerprint density at radius 2 is 1.95 bits per heavy atom. The maximum atomic E-state index is 12.6. The summed E-state index contributed by atoms with van der Waals surface area (Å²) in [5.74, 6) is 3.60. The number of hydrogen-bond acceptors (Lipinski definition) is 3. The van der Waals surface area contributed by atoms with Crippen LogP contribution in [0.15, 0.2) is 18.2 Å². The molecule has 20 heavy (non-hydrogen) atoms. The van der Waals surface area contributed by atoms with Crippen LogP contribution in [0.5, 0.6) is 0 Å². The van der Waals surface area contributed by atoms with E-state index in [1.165, 1.54) is 6.92 Å². The lowest BCUT2D eigenvalue weighted by Crippen LogP contribution is -2.08. The van der Waals surface area contributed by atoms with Gasteiger partial charge in [-0.2, -0.15) is 13.2 Å². The van der Waals surface area contributed by atoms with E-state index in [0.29, 0.717) is 6.07 Å². The van der Waals surface area contributed by atoms with Gasteiger partial charge < -0.3 is 5.11 Å². The molecule has 0 aliphatic carbocycles. The lowest BCUT2D eigenvalue weighted by molar-refractivity contribution is -0.137. The van der Waals surface area contributed by atoms with Crippen LogP contribution in [-0.4, -0.2) is 21.9 Å². The topological polar surface area (TPSA) is 54.4 Å². The molecule has 0 unspecified atom stereocenters. The first-order valence-corrected chi connectivity index (χ1v) is 6.26. The second-order valence-corrected chi connectivity index (χ2v) is 4.84. The standard InChI is InChI=1S/C13H9F3O3S/c1-8(17)20-4-2-3-9-5-10(12(18)19)7-11(6-9)13(14,15)16/h5-7H,4H2,1H3,(H,18,19). The number of carbonyl (C=O) groups is 2. The third kappa shape index (κ3) is 4.97. The molecule has 0 aliphatic heterocycles. The maximum absolute atomic E-state index is 12.6. The number of carbonyl (C=O) groups excluding carboxylic acids is 1. The Balaban J connectivity index is 3.10. The van der Waals surface area contributed by atoms with E-state index in [9.17, 15) is 22.8 Å². The highest BCUT2D eigenvalue weighted by molar-refractivity contribution is 8.13. The molecule has 106 valence electrons. The number of rotatable bonds is 2. The normalized spacial score (nSPS) is 10.6. The number of benzene rings is 1. The Morgan fingerprint density at radius 1 is 1.30 bits per heavy atom. The van der Waals surface area contributed by atoms with Crippen LogP contribution >= 0.6 is 11.8 Å². The SMILES string of the molecule is CC(=O)SCC#Cc1cc(C(=O)O)cc(C(F)(F)F)c1. The summed E-state index contributed by atoms with van der Waals surface area (Å²) in [5, 5.41) is 8.62. The van der Waals surface area contributed by atoms with Gasteiger partial charge in [0, 0.05) is 12.5 Å². The molecule has 7 heteroatoms. The second-order valence-electron chi connectivity index (χ2n) is 3.68. The lowest BCUT2D eigenvalue weighted by atomic mass is 10.1. The van der Waals surface area contributed by atoms with Crippen molar-refractivity contribution in [1.29, 1.82) is 0 Å². The highest BCUT2D eigenvalue weighted by Crippen LogP contribution is 2.30. The summed E-state index contributed by atoms with van der Waals surface area (Å²) in [4.78, 5) is 21.4. The molecule has 0 saturated carbocycles. The number of thioether (sulfide) groups is 1.